The summed E-state index contributed by atoms with van der Waals surface area (Å²) in [5.74, 6) is 1.60. The molecule has 0 saturated heterocycles. The van der Waals surface area contributed by atoms with Gasteiger partial charge >= 0.3 is 0 Å². The Bertz CT molecular complexity index is 1320. The van der Waals surface area contributed by atoms with Gasteiger partial charge < -0.3 is 25.0 Å². The lowest BCUT2D eigenvalue weighted by molar-refractivity contribution is 0.0728. The molecule has 9 nitrogen and oxygen atoms in total. The van der Waals surface area contributed by atoms with Crippen LogP contribution in [0, 0.1) is 6.92 Å². The third kappa shape index (κ3) is 4.82. The average molecular weight is 488 g/mol. The highest BCUT2D eigenvalue weighted by molar-refractivity contribution is 5.97. The topological polar surface area (TPSA) is 106 Å². The van der Waals surface area contributed by atoms with Crippen LogP contribution in [0.5, 0.6) is 11.5 Å². The van der Waals surface area contributed by atoms with Crippen LogP contribution in [0.4, 0.5) is 11.5 Å². The van der Waals surface area contributed by atoms with Crippen molar-refractivity contribution < 1.29 is 19.1 Å². The van der Waals surface area contributed by atoms with Gasteiger partial charge in [0.25, 0.3) is 11.8 Å². The zero-order chi connectivity index (χ0) is 25.2. The fourth-order valence-corrected chi connectivity index (χ4v) is 4.30. The SMILES string of the molecule is COc1ccc(C(=O)N2CCc3c(ncnc3Nc3cc(C(=O)NC4CC4)ccc3C)C2)c(OC)c1. The van der Waals surface area contributed by atoms with Crippen molar-refractivity contribution in [2.45, 2.75) is 38.8 Å². The first-order chi connectivity index (χ1) is 17.5. The van der Waals surface area contributed by atoms with Gasteiger partial charge in [-0.25, -0.2) is 9.97 Å². The van der Waals surface area contributed by atoms with Crippen LogP contribution in [0.25, 0.3) is 0 Å². The number of amides is 2. The van der Waals surface area contributed by atoms with Crippen LogP contribution < -0.4 is 20.1 Å². The van der Waals surface area contributed by atoms with E-state index in [9.17, 15) is 9.59 Å². The van der Waals surface area contributed by atoms with Crippen molar-refractivity contribution in [2.75, 3.05) is 26.1 Å². The first-order valence-electron chi connectivity index (χ1n) is 12.0. The molecule has 1 saturated carbocycles. The van der Waals surface area contributed by atoms with Gasteiger partial charge in [0.15, 0.2) is 0 Å². The molecule has 0 unspecified atom stereocenters. The summed E-state index contributed by atoms with van der Waals surface area (Å²) in [6.45, 7) is 2.87. The second-order valence-corrected chi connectivity index (χ2v) is 9.09. The van der Waals surface area contributed by atoms with E-state index in [1.165, 1.54) is 13.4 Å². The number of aromatic nitrogens is 2. The van der Waals surface area contributed by atoms with Gasteiger partial charge in [-0.1, -0.05) is 6.07 Å². The highest BCUT2D eigenvalue weighted by Gasteiger charge is 2.27. The number of nitrogens with one attached hydrogen (secondary N) is 2. The number of methoxy groups -OCH3 is 2. The number of aryl methyl sites for hydroxylation is 1. The number of benzene rings is 2. The Labute approximate surface area is 209 Å². The molecule has 0 bridgehead atoms. The molecule has 5 rings (SSSR count). The number of hydrogen-bond donors (Lipinski definition) is 2. The summed E-state index contributed by atoms with van der Waals surface area (Å²) in [5.41, 5.74) is 4.68. The van der Waals surface area contributed by atoms with E-state index in [2.05, 4.69) is 20.6 Å². The predicted octanol–water partition coefficient (Wildman–Crippen LogP) is 3.64. The number of carbonyl (C=O) groups is 2. The summed E-state index contributed by atoms with van der Waals surface area (Å²) in [7, 11) is 3.11. The molecule has 3 aromatic rings. The maximum absolute atomic E-state index is 13.3. The number of rotatable bonds is 7. The molecule has 2 heterocycles. The van der Waals surface area contributed by atoms with E-state index < -0.39 is 0 Å². The summed E-state index contributed by atoms with van der Waals surface area (Å²) < 4.78 is 10.7. The molecule has 2 N–H and O–H groups in total. The number of hydrogen-bond acceptors (Lipinski definition) is 7. The van der Waals surface area contributed by atoms with E-state index >= 15 is 0 Å². The van der Waals surface area contributed by atoms with Crippen LogP contribution in [-0.4, -0.2) is 53.5 Å². The first kappa shape index (κ1) is 23.6. The molecule has 0 radical (unpaired) electrons. The maximum Gasteiger partial charge on any atom is 0.257 e. The van der Waals surface area contributed by atoms with Crippen molar-refractivity contribution in [3.8, 4) is 11.5 Å². The van der Waals surface area contributed by atoms with Gasteiger partial charge in [0, 0.05) is 35.5 Å². The van der Waals surface area contributed by atoms with E-state index in [4.69, 9.17) is 9.47 Å². The highest BCUT2D eigenvalue weighted by atomic mass is 16.5. The molecule has 2 aliphatic rings. The third-order valence-corrected chi connectivity index (χ3v) is 6.60. The first-order valence-corrected chi connectivity index (χ1v) is 12.0. The van der Waals surface area contributed by atoms with Crippen molar-refractivity contribution in [2.24, 2.45) is 0 Å². The molecule has 0 atom stereocenters. The van der Waals surface area contributed by atoms with Crippen molar-refractivity contribution in [3.63, 3.8) is 0 Å². The van der Waals surface area contributed by atoms with Crippen LogP contribution >= 0.6 is 0 Å². The summed E-state index contributed by atoms with van der Waals surface area (Å²) in [6.07, 6.45) is 4.19. The maximum atomic E-state index is 13.3. The molecule has 2 aromatic carbocycles. The van der Waals surface area contributed by atoms with E-state index in [-0.39, 0.29) is 11.8 Å². The van der Waals surface area contributed by atoms with Gasteiger partial charge in [0.05, 0.1) is 32.0 Å². The Morgan fingerprint density at radius 1 is 1.06 bits per heavy atom. The molecule has 1 aliphatic heterocycles. The fraction of sp³-hybridized carbons (Fsp3) is 0.333. The van der Waals surface area contributed by atoms with Crippen molar-refractivity contribution in [3.05, 3.63) is 70.7 Å². The van der Waals surface area contributed by atoms with Gasteiger partial charge in [0.2, 0.25) is 0 Å². The summed E-state index contributed by atoms with van der Waals surface area (Å²) in [4.78, 5) is 36.5. The van der Waals surface area contributed by atoms with Gasteiger partial charge in [-0.05, 0) is 56.0 Å². The van der Waals surface area contributed by atoms with Gasteiger partial charge in [0.1, 0.15) is 23.6 Å². The van der Waals surface area contributed by atoms with Crippen molar-refractivity contribution in [1.82, 2.24) is 20.2 Å². The standard InChI is InChI=1S/C27H29N5O4/c1-16-4-5-17(26(33)30-18-6-7-18)12-22(16)31-25-20-10-11-32(14-23(20)28-15-29-25)27(34)21-9-8-19(35-2)13-24(21)36-3/h4-5,8-9,12-13,15,18H,6-7,10-11,14H2,1-3H3,(H,30,33)(H,28,29,31). The number of carbonyl (C=O) groups excluding carboxylic acids is 2. The Kier molecular flexibility index (Phi) is 6.45. The predicted molar refractivity (Wildman–Crippen MR) is 135 cm³/mol. The van der Waals surface area contributed by atoms with E-state index in [0.717, 1.165) is 35.3 Å². The lowest BCUT2D eigenvalue weighted by Gasteiger charge is -2.29. The van der Waals surface area contributed by atoms with Crippen molar-refractivity contribution in [1.29, 1.82) is 0 Å². The molecule has 0 spiro atoms. The van der Waals surface area contributed by atoms with Crippen LogP contribution in [0.15, 0.2) is 42.7 Å². The molecule has 186 valence electrons. The molecule has 2 amide bonds. The zero-order valence-corrected chi connectivity index (χ0v) is 20.6. The molecule has 1 aromatic heterocycles. The number of fused-ring (bicyclic) bond motifs is 1. The Hall–Kier alpha value is -4.14. The zero-order valence-electron chi connectivity index (χ0n) is 20.6. The minimum atomic E-state index is -0.126. The van der Waals surface area contributed by atoms with E-state index in [1.807, 2.05) is 25.1 Å². The van der Waals surface area contributed by atoms with E-state index in [1.54, 1.807) is 30.2 Å². The van der Waals surface area contributed by atoms with Gasteiger partial charge in [-0.2, -0.15) is 0 Å². The number of ether oxygens (including phenoxy) is 2. The third-order valence-electron chi connectivity index (χ3n) is 6.60. The number of anilines is 2. The largest absolute Gasteiger partial charge is 0.497 e. The lowest BCUT2D eigenvalue weighted by atomic mass is 10.0. The highest BCUT2D eigenvalue weighted by Crippen LogP contribution is 2.30. The van der Waals surface area contributed by atoms with Crippen molar-refractivity contribution >= 4 is 23.3 Å². The Morgan fingerprint density at radius 2 is 1.89 bits per heavy atom. The lowest BCUT2D eigenvalue weighted by Crippen LogP contribution is -2.37. The molecular weight excluding hydrogens is 458 g/mol. The van der Waals surface area contributed by atoms with Crippen LogP contribution in [0.2, 0.25) is 0 Å². The quantitative estimate of drug-likeness (QED) is 0.524. The molecule has 9 heteroatoms. The number of nitrogens with zero attached hydrogens (tertiary/aromatic N) is 3. The Morgan fingerprint density at radius 3 is 2.64 bits per heavy atom. The van der Waals surface area contributed by atoms with Crippen LogP contribution in [0.1, 0.15) is 50.4 Å². The average Bonchev–Trinajstić information content (AvgIpc) is 3.72. The fourth-order valence-electron chi connectivity index (χ4n) is 4.30. The Balaban J connectivity index is 1.35. The second-order valence-electron chi connectivity index (χ2n) is 9.09. The van der Waals surface area contributed by atoms with Gasteiger partial charge in [-0.15, -0.1) is 0 Å². The molecule has 1 aliphatic carbocycles. The minimum Gasteiger partial charge on any atom is -0.497 e. The van der Waals surface area contributed by atoms with Gasteiger partial charge in [-0.3, -0.25) is 9.59 Å². The second kappa shape index (κ2) is 9.85. The van der Waals surface area contributed by atoms with Crippen LogP contribution in [0.3, 0.4) is 0 Å². The smallest absolute Gasteiger partial charge is 0.257 e. The monoisotopic (exact) mass is 487 g/mol. The molecular formula is C27H29N5O4. The molecule has 1 fully saturated rings. The van der Waals surface area contributed by atoms with Crippen LogP contribution in [-0.2, 0) is 13.0 Å². The molecule has 36 heavy (non-hydrogen) atoms. The minimum absolute atomic E-state index is 0.0617. The normalized spacial score (nSPS) is 14.6. The summed E-state index contributed by atoms with van der Waals surface area (Å²) in [5, 5.41) is 6.43. The summed E-state index contributed by atoms with van der Waals surface area (Å²) in [6, 6.07) is 11.1. The summed E-state index contributed by atoms with van der Waals surface area (Å²) >= 11 is 0. The van der Waals surface area contributed by atoms with E-state index in [0.29, 0.717) is 54.0 Å².